The fraction of sp³-hybridized carbons (Fsp3) is 0.381. The predicted molar refractivity (Wildman–Crippen MR) is 108 cm³/mol. The molecule has 1 aromatic heterocycles. The van der Waals surface area contributed by atoms with Crippen molar-refractivity contribution in [3.05, 3.63) is 42.0 Å². The van der Waals surface area contributed by atoms with Gasteiger partial charge in [0.2, 0.25) is 11.7 Å². The molecule has 27 heavy (non-hydrogen) atoms. The zero-order chi connectivity index (χ0) is 19.2. The maximum absolute atomic E-state index is 5.44. The Morgan fingerprint density at radius 1 is 1.00 bits per heavy atom. The van der Waals surface area contributed by atoms with Crippen LogP contribution in [0.5, 0.6) is 17.2 Å². The summed E-state index contributed by atoms with van der Waals surface area (Å²) >= 11 is 0. The smallest absolute Gasteiger partial charge is 0.204 e. The zero-order valence-electron chi connectivity index (χ0n) is 16.4. The summed E-state index contributed by atoms with van der Waals surface area (Å²) in [6.07, 6.45) is 2.25. The van der Waals surface area contributed by atoms with Crippen molar-refractivity contribution < 1.29 is 14.2 Å². The van der Waals surface area contributed by atoms with Crippen LogP contribution in [-0.2, 0) is 13.1 Å². The molecule has 3 rings (SSSR count). The van der Waals surface area contributed by atoms with E-state index in [1.54, 1.807) is 21.3 Å². The van der Waals surface area contributed by atoms with Gasteiger partial charge >= 0.3 is 0 Å². The Labute approximate surface area is 160 Å². The molecule has 144 valence electrons. The Balaban J connectivity index is 1.88. The normalized spacial score (nSPS) is 10.8. The highest BCUT2D eigenvalue weighted by Crippen LogP contribution is 2.38. The molecule has 0 aliphatic carbocycles. The number of anilines is 1. The van der Waals surface area contributed by atoms with Gasteiger partial charge in [-0.05, 0) is 36.2 Å². The number of para-hydroxylation sites is 2. The van der Waals surface area contributed by atoms with Gasteiger partial charge in [0, 0.05) is 13.1 Å². The molecule has 3 aromatic rings. The number of rotatable bonds is 9. The number of benzene rings is 2. The minimum Gasteiger partial charge on any atom is -0.493 e. The van der Waals surface area contributed by atoms with E-state index in [9.17, 15) is 0 Å². The molecular formula is C21H27N3O3. The number of aryl methyl sites for hydroxylation is 1. The molecular weight excluding hydrogens is 342 g/mol. The van der Waals surface area contributed by atoms with Crippen LogP contribution in [0.15, 0.2) is 36.4 Å². The number of imidazole rings is 1. The summed E-state index contributed by atoms with van der Waals surface area (Å²) in [6, 6.07) is 12.1. The molecule has 2 aromatic carbocycles. The van der Waals surface area contributed by atoms with Crippen LogP contribution in [0.3, 0.4) is 0 Å². The molecule has 0 saturated heterocycles. The summed E-state index contributed by atoms with van der Waals surface area (Å²) in [5.41, 5.74) is 3.18. The van der Waals surface area contributed by atoms with Gasteiger partial charge in [0.25, 0.3) is 0 Å². The topological polar surface area (TPSA) is 57.5 Å². The van der Waals surface area contributed by atoms with Gasteiger partial charge in [-0.3, -0.25) is 0 Å². The van der Waals surface area contributed by atoms with E-state index in [1.165, 1.54) is 0 Å². The Morgan fingerprint density at radius 3 is 2.33 bits per heavy atom. The summed E-state index contributed by atoms with van der Waals surface area (Å²) in [6.45, 7) is 3.74. The third-order valence-corrected chi connectivity index (χ3v) is 4.56. The number of unbranched alkanes of at least 4 members (excludes halogenated alkanes) is 1. The molecule has 0 aliphatic heterocycles. The molecule has 0 bridgehead atoms. The fourth-order valence-electron chi connectivity index (χ4n) is 3.17. The lowest BCUT2D eigenvalue weighted by atomic mass is 10.2. The van der Waals surface area contributed by atoms with Gasteiger partial charge in [0.15, 0.2) is 11.5 Å². The van der Waals surface area contributed by atoms with Gasteiger partial charge in [-0.15, -0.1) is 0 Å². The Hall–Kier alpha value is -2.89. The van der Waals surface area contributed by atoms with Crippen LogP contribution >= 0.6 is 0 Å². The van der Waals surface area contributed by atoms with Crippen molar-refractivity contribution in [3.63, 3.8) is 0 Å². The van der Waals surface area contributed by atoms with E-state index in [4.69, 9.17) is 19.2 Å². The zero-order valence-corrected chi connectivity index (χ0v) is 16.4. The Morgan fingerprint density at radius 2 is 1.70 bits per heavy atom. The Bertz CT molecular complexity index is 880. The van der Waals surface area contributed by atoms with Crippen molar-refractivity contribution in [3.8, 4) is 17.2 Å². The van der Waals surface area contributed by atoms with Crippen molar-refractivity contribution in [1.29, 1.82) is 0 Å². The summed E-state index contributed by atoms with van der Waals surface area (Å²) in [5, 5.41) is 3.47. The van der Waals surface area contributed by atoms with Crippen LogP contribution in [0.1, 0.15) is 25.3 Å². The number of hydrogen-bond donors (Lipinski definition) is 1. The lowest BCUT2D eigenvalue weighted by Gasteiger charge is -2.15. The van der Waals surface area contributed by atoms with E-state index in [1.807, 2.05) is 24.3 Å². The molecule has 0 fully saturated rings. The monoisotopic (exact) mass is 369 g/mol. The van der Waals surface area contributed by atoms with Crippen LogP contribution in [0.4, 0.5) is 5.95 Å². The third kappa shape index (κ3) is 3.94. The number of hydrogen-bond acceptors (Lipinski definition) is 5. The minimum absolute atomic E-state index is 0.596. The van der Waals surface area contributed by atoms with Crippen molar-refractivity contribution in [2.75, 3.05) is 26.6 Å². The molecule has 0 atom stereocenters. The van der Waals surface area contributed by atoms with E-state index in [0.29, 0.717) is 23.8 Å². The first-order chi connectivity index (χ1) is 13.2. The first-order valence-corrected chi connectivity index (χ1v) is 9.19. The molecule has 6 nitrogen and oxygen atoms in total. The second kappa shape index (κ2) is 8.66. The molecule has 0 spiro atoms. The van der Waals surface area contributed by atoms with Crippen molar-refractivity contribution in [2.45, 2.75) is 32.9 Å². The van der Waals surface area contributed by atoms with Gasteiger partial charge in [0.05, 0.1) is 32.4 Å². The highest BCUT2D eigenvalue weighted by atomic mass is 16.5. The van der Waals surface area contributed by atoms with Crippen LogP contribution in [-0.4, -0.2) is 30.9 Å². The maximum Gasteiger partial charge on any atom is 0.204 e. The van der Waals surface area contributed by atoms with Crippen LogP contribution < -0.4 is 19.5 Å². The molecule has 0 aliphatic rings. The highest BCUT2D eigenvalue weighted by molar-refractivity contribution is 5.78. The Kier molecular flexibility index (Phi) is 6.06. The minimum atomic E-state index is 0.596. The number of methoxy groups -OCH3 is 3. The van der Waals surface area contributed by atoms with Crippen molar-refractivity contribution in [1.82, 2.24) is 9.55 Å². The molecule has 0 amide bonds. The van der Waals surface area contributed by atoms with Crippen molar-refractivity contribution in [2.24, 2.45) is 0 Å². The lowest BCUT2D eigenvalue weighted by Crippen LogP contribution is -2.08. The third-order valence-electron chi connectivity index (χ3n) is 4.56. The lowest BCUT2D eigenvalue weighted by molar-refractivity contribution is 0.324. The molecule has 0 unspecified atom stereocenters. The molecule has 6 heteroatoms. The standard InChI is InChI=1S/C21H27N3O3/c1-5-6-11-24-17-10-8-7-9-16(17)23-21(24)22-14-15-12-18(25-2)20(27-4)19(13-15)26-3/h7-10,12-13H,5-6,11,14H2,1-4H3,(H,22,23). The quantitative estimate of drug-likeness (QED) is 0.603. The number of nitrogens with zero attached hydrogens (tertiary/aromatic N) is 2. The van der Waals surface area contributed by atoms with Gasteiger partial charge in [0.1, 0.15) is 0 Å². The largest absolute Gasteiger partial charge is 0.493 e. The first kappa shape index (κ1) is 18.9. The van der Waals surface area contributed by atoms with E-state index in [2.05, 4.69) is 28.9 Å². The number of ether oxygens (including phenoxy) is 3. The van der Waals surface area contributed by atoms with Crippen molar-refractivity contribution >= 4 is 17.0 Å². The second-order valence-corrected chi connectivity index (χ2v) is 6.32. The molecule has 0 radical (unpaired) electrons. The summed E-state index contributed by atoms with van der Waals surface area (Å²) < 4.78 is 18.5. The van der Waals surface area contributed by atoms with Gasteiger partial charge in [-0.2, -0.15) is 0 Å². The number of fused-ring (bicyclic) bond motifs is 1. The van der Waals surface area contributed by atoms with Crippen LogP contribution in [0.2, 0.25) is 0 Å². The van der Waals surface area contributed by atoms with E-state index >= 15 is 0 Å². The number of nitrogens with one attached hydrogen (secondary N) is 1. The highest BCUT2D eigenvalue weighted by Gasteiger charge is 2.14. The first-order valence-electron chi connectivity index (χ1n) is 9.19. The average Bonchev–Trinajstić information content (AvgIpc) is 3.07. The summed E-state index contributed by atoms with van der Waals surface area (Å²) in [7, 11) is 4.85. The predicted octanol–water partition coefficient (Wildman–Crippen LogP) is 4.47. The van der Waals surface area contributed by atoms with E-state index in [-0.39, 0.29) is 0 Å². The SMILES string of the molecule is CCCCn1c(NCc2cc(OC)c(OC)c(OC)c2)nc2ccccc21. The maximum atomic E-state index is 5.44. The van der Waals surface area contributed by atoms with Crippen LogP contribution in [0, 0.1) is 0 Å². The fourth-order valence-corrected chi connectivity index (χ4v) is 3.17. The molecule has 0 saturated carbocycles. The average molecular weight is 369 g/mol. The summed E-state index contributed by atoms with van der Waals surface area (Å²) in [5.74, 6) is 2.76. The second-order valence-electron chi connectivity index (χ2n) is 6.32. The van der Waals surface area contributed by atoms with Gasteiger partial charge < -0.3 is 24.1 Å². The van der Waals surface area contributed by atoms with E-state index < -0.39 is 0 Å². The van der Waals surface area contributed by atoms with E-state index in [0.717, 1.165) is 41.9 Å². The summed E-state index contributed by atoms with van der Waals surface area (Å²) in [4.78, 5) is 4.76. The van der Waals surface area contributed by atoms with Gasteiger partial charge in [-0.1, -0.05) is 25.5 Å². The van der Waals surface area contributed by atoms with Crippen LogP contribution in [0.25, 0.3) is 11.0 Å². The molecule has 1 heterocycles. The number of aromatic nitrogens is 2. The van der Waals surface area contributed by atoms with Gasteiger partial charge in [-0.25, -0.2) is 4.98 Å². The molecule has 1 N–H and O–H groups in total.